The first-order valence-electron chi connectivity index (χ1n) is 9.63. The van der Waals surface area contributed by atoms with Crippen LogP contribution in [0, 0.1) is 0 Å². The van der Waals surface area contributed by atoms with Gasteiger partial charge in [-0.3, -0.25) is 14.9 Å². The fraction of sp³-hybridized carbons (Fsp3) is 0.550. The van der Waals surface area contributed by atoms with Crippen molar-refractivity contribution in [2.24, 2.45) is 0 Å². The largest absolute Gasteiger partial charge is 0.497 e. The molecule has 0 spiro atoms. The van der Waals surface area contributed by atoms with Crippen molar-refractivity contribution in [2.75, 3.05) is 46.5 Å². The Morgan fingerprint density at radius 1 is 1.25 bits per heavy atom. The number of aromatic nitrogens is 2. The van der Waals surface area contributed by atoms with Crippen molar-refractivity contribution in [2.45, 2.75) is 24.9 Å². The molecule has 1 aromatic heterocycles. The topological polar surface area (TPSA) is 53.6 Å². The molecule has 0 aliphatic carbocycles. The first kappa shape index (κ1) is 19.3. The van der Waals surface area contributed by atoms with Crippen LogP contribution in [0.1, 0.15) is 12.0 Å². The number of hydrogen-bond acceptors (Lipinski definition) is 5. The zero-order valence-corrected chi connectivity index (χ0v) is 16.0. The molecule has 1 aromatic carbocycles. The predicted octanol–water partition coefficient (Wildman–Crippen LogP) is 2.63. The lowest BCUT2D eigenvalue weighted by Crippen LogP contribution is -2.44. The van der Waals surface area contributed by atoms with Crippen LogP contribution in [0.4, 0.5) is 8.78 Å². The van der Waals surface area contributed by atoms with E-state index in [1.54, 1.807) is 13.3 Å². The molecule has 2 fully saturated rings. The first-order valence-corrected chi connectivity index (χ1v) is 9.63. The number of ether oxygens (including phenoxy) is 2. The van der Waals surface area contributed by atoms with Gasteiger partial charge in [0.05, 0.1) is 38.8 Å². The molecule has 0 saturated carbocycles. The van der Waals surface area contributed by atoms with Crippen LogP contribution in [0.2, 0.25) is 0 Å². The van der Waals surface area contributed by atoms with E-state index >= 15 is 0 Å². The van der Waals surface area contributed by atoms with Crippen LogP contribution >= 0.6 is 0 Å². The second-order valence-electron chi connectivity index (χ2n) is 7.53. The maximum absolute atomic E-state index is 14.2. The number of benzene rings is 1. The summed E-state index contributed by atoms with van der Waals surface area (Å²) >= 11 is 0. The molecule has 0 radical (unpaired) electrons. The van der Waals surface area contributed by atoms with Gasteiger partial charge in [0.2, 0.25) is 0 Å². The Balaban J connectivity index is 1.49. The van der Waals surface area contributed by atoms with Crippen LogP contribution < -0.4 is 4.74 Å². The van der Waals surface area contributed by atoms with E-state index in [2.05, 4.69) is 15.1 Å². The quantitative estimate of drug-likeness (QED) is 0.819. The van der Waals surface area contributed by atoms with Crippen molar-refractivity contribution in [1.29, 1.82) is 0 Å². The number of likely N-dealkylation sites (tertiary alicyclic amines) is 1. The zero-order valence-electron chi connectivity index (χ0n) is 16.0. The van der Waals surface area contributed by atoms with Crippen LogP contribution in [0.15, 0.2) is 30.5 Å². The first-order chi connectivity index (χ1) is 13.5. The van der Waals surface area contributed by atoms with E-state index in [-0.39, 0.29) is 19.0 Å². The number of rotatable bonds is 6. The summed E-state index contributed by atoms with van der Waals surface area (Å²) in [5.74, 6) is -1.88. The van der Waals surface area contributed by atoms with Gasteiger partial charge in [-0.05, 0) is 24.3 Å². The highest BCUT2D eigenvalue weighted by molar-refractivity contribution is 5.63. The number of H-pyrrole nitrogens is 1. The van der Waals surface area contributed by atoms with E-state index < -0.39 is 5.92 Å². The molecule has 2 aliphatic rings. The fourth-order valence-electron chi connectivity index (χ4n) is 4.07. The average molecular weight is 392 g/mol. The number of aromatic amines is 1. The molecule has 28 heavy (non-hydrogen) atoms. The molecular formula is C20H26F2N4O2. The van der Waals surface area contributed by atoms with Gasteiger partial charge in [-0.2, -0.15) is 5.10 Å². The molecule has 0 bridgehead atoms. The molecule has 6 nitrogen and oxygen atoms in total. The minimum atomic E-state index is -2.65. The Morgan fingerprint density at radius 2 is 2.00 bits per heavy atom. The van der Waals surface area contributed by atoms with Crippen molar-refractivity contribution in [3.63, 3.8) is 0 Å². The average Bonchev–Trinajstić information content (AvgIpc) is 3.26. The molecule has 152 valence electrons. The van der Waals surface area contributed by atoms with Gasteiger partial charge in [0.1, 0.15) is 5.75 Å². The molecule has 4 rings (SSSR count). The van der Waals surface area contributed by atoms with Crippen LogP contribution in [0.3, 0.4) is 0 Å². The van der Waals surface area contributed by atoms with Gasteiger partial charge in [0.15, 0.2) is 0 Å². The number of hydrogen-bond donors (Lipinski definition) is 1. The summed E-state index contributed by atoms with van der Waals surface area (Å²) in [5, 5.41) is 7.18. The second-order valence-corrected chi connectivity index (χ2v) is 7.53. The molecule has 1 atom stereocenters. The van der Waals surface area contributed by atoms with E-state index in [0.717, 1.165) is 35.7 Å². The minimum absolute atomic E-state index is 0.0971. The van der Waals surface area contributed by atoms with E-state index in [1.807, 2.05) is 29.2 Å². The van der Waals surface area contributed by atoms with Gasteiger partial charge in [0.25, 0.3) is 5.92 Å². The molecule has 2 aliphatic heterocycles. The predicted molar refractivity (Wildman–Crippen MR) is 102 cm³/mol. The number of halogens is 2. The van der Waals surface area contributed by atoms with Crippen molar-refractivity contribution >= 4 is 0 Å². The molecule has 2 aromatic rings. The van der Waals surface area contributed by atoms with E-state index in [1.165, 1.54) is 0 Å². The summed E-state index contributed by atoms with van der Waals surface area (Å²) < 4.78 is 39.0. The van der Waals surface area contributed by atoms with Crippen molar-refractivity contribution < 1.29 is 18.3 Å². The third kappa shape index (κ3) is 4.34. The summed E-state index contributed by atoms with van der Waals surface area (Å²) in [7, 11) is 1.62. The van der Waals surface area contributed by atoms with Crippen LogP contribution in [0.25, 0.3) is 11.3 Å². The van der Waals surface area contributed by atoms with Crippen LogP contribution in [-0.2, 0) is 11.3 Å². The highest BCUT2D eigenvalue weighted by Crippen LogP contribution is 2.35. The summed E-state index contributed by atoms with van der Waals surface area (Å²) in [6, 6.07) is 7.47. The highest BCUT2D eigenvalue weighted by atomic mass is 19.3. The highest BCUT2D eigenvalue weighted by Gasteiger charge is 2.45. The summed E-state index contributed by atoms with van der Waals surface area (Å²) in [4.78, 5) is 4.12. The van der Waals surface area contributed by atoms with E-state index in [9.17, 15) is 8.78 Å². The van der Waals surface area contributed by atoms with E-state index in [0.29, 0.717) is 26.3 Å². The van der Waals surface area contributed by atoms with Gasteiger partial charge in [0, 0.05) is 49.8 Å². The number of morpholine rings is 1. The van der Waals surface area contributed by atoms with Gasteiger partial charge in [-0.25, -0.2) is 8.78 Å². The lowest BCUT2D eigenvalue weighted by molar-refractivity contribution is 0.0107. The Morgan fingerprint density at radius 3 is 2.71 bits per heavy atom. The Labute approximate surface area is 163 Å². The molecule has 3 heterocycles. The van der Waals surface area contributed by atoms with Gasteiger partial charge in [-0.1, -0.05) is 0 Å². The molecule has 0 amide bonds. The monoisotopic (exact) mass is 392 g/mol. The number of methoxy groups -OCH3 is 1. The zero-order chi connectivity index (χ0) is 19.6. The maximum Gasteiger partial charge on any atom is 0.262 e. The minimum Gasteiger partial charge on any atom is -0.497 e. The van der Waals surface area contributed by atoms with Gasteiger partial charge >= 0.3 is 0 Å². The van der Waals surface area contributed by atoms with Crippen LogP contribution in [0.5, 0.6) is 5.75 Å². The summed E-state index contributed by atoms with van der Waals surface area (Å²) in [5.41, 5.74) is 2.75. The van der Waals surface area contributed by atoms with Gasteiger partial charge < -0.3 is 9.47 Å². The third-order valence-corrected chi connectivity index (χ3v) is 5.53. The Hall–Kier alpha value is -2.03. The molecule has 2 saturated heterocycles. The fourth-order valence-corrected chi connectivity index (χ4v) is 4.07. The normalized spacial score (nSPS) is 23.2. The Bertz CT molecular complexity index is 775. The standard InChI is InChI=1S/C20H26F2N4O2/c1-27-18-4-2-15(3-5-18)19-16(11-23-24-19)12-26-14-20(21,22)10-17(26)13-25-6-8-28-9-7-25/h2-5,11,17H,6-10,12-14H2,1H3,(H,23,24)/t17-/m0/s1. The number of nitrogens with one attached hydrogen (secondary N) is 1. The Kier molecular flexibility index (Phi) is 5.61. The lowest BCUT2D eigenvalue weighted by atomic mass is 10.1. The summed E-state index contributed by atoms with van der Waals surface area (Å²) in [6.45, 7) is 3.84. The van der Waals surface area contributed by atoms with Crippen molar-refractivity contribution in [3.8, 4) is 17.0 Å². The van der Waals surface area contributed by atoms with E-state index in [4.69, 9.17) is 9.47 Å². The van der Waals surface area contributed by atoms with Crippen LogP contribution in [-0.4, -0.2) is 78.5 Å². The molecule has 8 heteroatoms. The SMILES string of the molecule is COc1ccc(-c2[nH]ncc2CN2CC(F)(F)C[C@H]2CN2CCOCC2)cc1. The van der Waals surface area contributed by atoms with Crippen molar-refractivity contribution in [3.05, 3.63) is 36.0 Å². The maximum atomic E-state index is 14.2. The second kappa shape index (κ2) is 8.14. The number of alkyl halides is 2. The number of nitrogens with zero attached hydrogens (tertiary/aromatic N) is 3. The molecular weight excluding hydrogens is 366 g/mol. The van der Waals surface area contributed by atoms with Gasteiger partial charge in [-0.15, -0.1) is 0 Å². The smallest absolute Gasteiger partial charge is 0.262 e. The molecule has 0 unspecified atom stereocenters. The van der Waals surface area contributed by atoms with Crippen molar-refractivity contribution in [1.82, 2.24) is 20.0 Å². The third-order valence-electron chi connectivity index (χ3n) is 5.53. The summed E-state index contributed by atoms with van der Waals surface area (Å²) in [6.07, 6.45) is 1.64. The lowest BCUT2D eigenvalue weighted by Gasteiger charge is -2.32. The molecule has 1 N–H and O–H groups in total.